The maximum absolute atomic E-state index is 11.7. The molecule has 0 aromatic rings. The summed E-state index contributed by atoms with van der Waals surface area (Å²) in [4.78, 5) is 22.2. The molecule has 5 heteroatoms. The summed E-state index contributed by atoms with van der Waals surface area (Å²) in [5.41, 5.74) is -1.78. The van der Waals surface area contributed by atoms with E-state index in [-0.39, 0.29) is 19.4 Å². The van der Waals surface area contributed by atoms with Crippen LogP contribution in [0.5, 0.6) is 0 Å². The Labute approximate surface area is 101 Å². The topological polar surface area (TPSA) is 69.4 Å². The van der Waals surface area contributed by atoms with Gasteiger partial charge in [-0.05, 0) is 6.92 Å². The van der Waals surface area contributed by atoms with E-state index in [0.29, 0.717) is 0 Å². The van der Waals surface area contributed by atoms with Gasteiger partial charge in [-0.3, -0.25) is 10.1 Å². The zero-order valence-electron chi connectivity index (χ0n) is 9.93. The van der Waals surface area contributed by atoms with E-state index < -0.39 is 16.4 Å². The highest BCUT2D eigenvalue weighted by atomic mass is 16.6. The van der Waals surface area contributed by atoms with Crippen LogP contribution in [0.3, 0.4) is 0 Å². The van der Waals surface area contributed by atoms with E-state index in [0.717, 1.165) is 0 Å². The van der Waals surface area contributed by atoms with Crippen LogP contribution in [0.1, 0.15) is 19.8 Å². The number of hydrogen-bond acceptors (Lipinski definition) is 4. The lowest BCUT2D eigenvalue weighted by Crippen LogP contribution is -2.47. The fourth-order valence-electron chi connectivity index (χ4n) is 1.34. The molecule has 0 rings (SSSR count). The van der Waals surface area contributed by atoms with Gasteiger partial charge in [-0.2, -0.15) is 0 Å². The number of carbonyl (C=O) groups excluding carboxylic acids is 1. The number of esters is 1. The van der Waals surface area contributed by atoms with Gasteiger partial charge in [0.15, 0.2) is 0 Å². The number of hydrogen-bond donors (Lipinski definition) is 0. The van der Waals surface area contributed by atoms with E-state index in [4.69, 9.17) is 4.74 Å². The molecule has 1 unspecified atom stereocenters. The van der Waals surface area contributed by atoms with Crippen LogP contribution in [0.15, 0.2) is 37.5 Å². The van der Waals surface area contributed by atoms with E-state index >= 15 is 0 Å². The molecule has 0 aromatic carbocycles. The fourth-order valence-corrected chi connectivity index (χ4v) is 1.34. The summed E-state index contributed by atoms with van der Waals surface area (Å²) >= 11 is 0. The van der Waals surface area contributed by atoms with Crippen LogP contribution in [0.25, 0.3) is 0 Å². The number of rotatable bonds is 8. The minimum absolute atomic E-state index is 0.0448. The van der Waals surface area contributed by atoms with Crippen LogP contribution in [-0.2, 0) is 9.53 Å². The first-order valence-corrected chi connectivity index (χ1v) is 5.25. The molecule has 0 fully saturated rings. The average Bonchev–Trinajstić information content (AvgIpc) is 2.28. The van der Waals surface area contributed by atoms with Gasteiger partial charge in [-0.15, -0.1) is 6.58 Å². The van der Waals surface area contributed by atoms with E-state index in [2.05, 4.69) is 13.2 Å². The maximum atomic E-state index is 11.7. The van der Waals surface area contributed by atoms with Crippen molar-refractivity contribution in [2.45, 2.75) is 25.3 Å². The van der Waals surface area contributed by atoms with Crippen LogP contribution in [-0.4, -0.2) is 23.0 Å². The standard InChI is InChI=1S/C12H17NO4/c1-4-7-8-10-12(9-5-2,13(15)16)11(14)17-6-3/h4-5,7-8H,1-2,6,9-10H2,3H3/b8-7+. The Kier molecular flexibility index (Phi) is 6.55. The second-order valence-electron chi connectivity index (χ2n) is 3.37. The van der Waals surface area contributed by atoms with Crippen LogP contribution in [0.2, 0.25) is 0 Å². The minimum Gasteiger partial charge on any atom is -0.461 e. The molecule has 0 saturated heterocycles. The molecule has 17 heavy (non-hydrogen) atoms. The van der Waals surface area contributed by atoms with Crippen molar-refractivity contribution in [1.82, 2.24) is 0 Å². The van der Waals surface area contributed by atoms with Gasteiger partial charge in [-0.1, -0.05) is 30.9 Å². The van der Waals surface area contributed by atoms with Gasteiger partial charge in [0.1, 0.15) is 0 Å². The molecule has 0 aliphatic rings. The quantitative estimate of drug-likeness (QED) is 0.214. The number of ether oxygens (including phenoxy) is 1. The van der Waals surface area contributed by atoms with Crippen LogP contribution in [0, 0.1) is 10.1 Å². The summed E-state index contributed by atoms with van der Waals surface area (Å²) in [7, 11) is 0. The Morgan fingerprint density at radius 2 is 2.12 bits per heavy atom. The van der Waals surface area contributed by atoms with Gasteiger partial charge in [0.2, 0.25) is 0 Å². The normalized spacial score (nSPS) is 13.9. The first kappa shape index (κ1) is 15.1. The summed E-state index contributed by atoms with van der Waals surface area (Å²) in [6.07, 6.45) is 5.80. The van der Waals surface area contributed by atoms with Crippen LogP contribution >= 0.6 is 0 Å². The molecule has 0 aliphatic carbocycles. The van der Waals surface area contributed by atoms with Crippen molar-refractivity contribution < 1.29 is 14.5 Å². The molecule has 94 valence electrons. The van der Waals surface area contributed by atoms with Crippen molar-refractivity contribution in [3.8, 4) is 0 Å². The number of nitrogens with zero attached hydrogens (tertiary/aromatic N) is 1. The molecular weight excluding hydrogens is 222 g/mol. The van der Waals surface area contributed by atoms with Gasteiger partial charge < -0.3 is 4.74 Å². The molecule has 0 amide bonds. The molecule has 5 nitrogen and oxygen atoms in total. The molecule has 0 bridgehead atoms. The number of allylic oxidation sites excluding steroid dienone is 2. The van der Waals surface area contributed by atoms with Crippen molar-refractivity contribution >= 4 is 5.97 Å². The first-order valence-electron chi connectivity index (χ1n) is 5.25. The Morgan fingerprint density at radius 1 is 1.47 bits per heavy atom. The van der Waals surface area contributed by atoms with E-state index in [1.165, 1.54) is 18.2 Å². The van der Waals surface area contributed by atoms with Crippen molar-refractivity contribution in [3.63, 3.8) is 0 Å². The molecule has 0 heterocycles. The third kappa shape index (κ3) is 3.86. The van der Waals surface area contributed by atoms with Gasteiger partial charge in [0.25, 0.3) is 0 Å². The maximum Gasteiger partial charge on any atom is 0.385 e. The summed E-state index contributed by atoms with van der Waals surface area (Å²) in [6.45, 7) is 8.62. The van der Waals surface area contributed by atoms with Crippen molar-refractivity contribution in [2.75, 3.05) is 6.61 Å². The highest BCUT2D eigenvalue weighted by molar-refractivity contribution is 5.79. The number of carbonyl (C=O) groups is 1. The number of nitro groups is 1. The molecule has 0 aliphatic heterocycles. The average molecular weight is 239 g/mol. The van der Waals surface area contributed by atoms with Gasteiger partial charge in [0.05, 0.1) is 6.61 Å². The highest BCUT2D eigenvalue weighted by Gasteiger charge is 2.50. The predicted molar refractivity (Wildman–Crippen MR) is 65.1 cm³/mol. The monoisotopic (exact) mass is 239 g/mol. The molecule has 0 aromatic heterocycles. The molecule has 0 N–H and O–H groups in total. The molecule has 0 saturated carbocycles. The summed E-state index contributed by atoms with van der Waals surface area (Å²) in [5.74, 6) is -0.835. The molecule has 0 spiro atoms. The lowest BCUT2D eigenvalue weighted by atomic mass is 9.91. The van der Waals surface area contributed by atoms with Crippen molar-refractivity contribution in [3.05, 3.63) is 47.6 Å². The molecular formula is C12H17NO4. The van der Waals surface area contributed by atoms with Gasteiger partial charge in [0, 0.05) is 17.8 Å². The van der Waals surface area contributed by atoms with E-state index in [1.54, 1.807) is 13.0 Å². The van der Waals surface area contributed by atoms with Gasteiger partial charge >= 0.3 is 11.5 Å². The van der Waals surface area contributed by atoms with Crippen molar-refractivity contribution in [2.24, 2.45) is 0 Å². The fraction of sp³-hybridized carbons (Fsp3) is 0.417. The highest BCUT2D eigenvalue weighted by Crippen LogP contribution is 2.23. The lowest BCUT2D eigenvalue weighted by Gasteiger charge is -2.20. The summed E-state index contributed by atoms with van der Waals surface area (Å²) in [5, 5.41) is 11.1. The third-order valence-electron chi connectivity index (χ3n) is 2.21. The van der Waals surface area contributed by atoms with E-state index in [9.17, 15) is 14.9 Å². The Bertz CT molecular complexity index is 335. The van der Waals surface area contributed by atoms with Crippen LogP contribution in [0.4, 0.5) is 0 Å². The first-order chi connectivity index (χ1) is 8.05. The predicted octanol–water partition coefficient (Wildman–Crippen LogP) is 2.27. The van der Waals surface area contributed by atoms with Crippen molar-refractivity contribution in [1.29, 1.82) is 0 Å². The second kappa shape index (κ2) is 7.38. The summed E-state index contributed by atoms with van der Waals surface area (Å²) in [6, 6.07) is 0. The SMILES string of the molecule is C=C/C=C/CC(CC=C)(C(=O)OCC)[N+](=O)[O-]. The molecule has 0 radical (unpaired) electrons. The van der Waals surface area contributed by atoms with E-state index in [1.807, 2.05) is 0 Å². The Morgan fingerprint density at radius 3 is 2.53 bits per heavy atom. The zero-order valence-corrected chi connectivity index (χ0v) is 9.93. The smallest absolute Gasteiger partial charge is 0.385 e. The third-order valence-corrected chi connectivity index (χ3v) is 2.21. The Balaban J connectivity index is 5.17. The minimum atomic E-state index is -1.78. The summed E-state index contributed by atoms with van der Waals surface area (Å²) < 4.78 is 4.76. The zero-order chi connectivity index (χ0) is 13.3. The van der Waals surface area contributed by atoms with Gasteiger partial charge in [-0.25, -0.2) is 4.79 Å². The molecule has 1 atom stereocenters. The Hall–Kier alpha value is -1.91. The second-order valence-corrected chi connectivity index (χ2v) is 3.37. The van der Waals surface area contributed by atoms with Crippen LogP contribution < -0.4 is 0 Å². The largest absolute Gasteiger partial charge is 0.461 e. The lowest BCUT2D eigenvalue weighted by molar-refractivity contribution is -0.554.